The van der Waals surface area contributed by atoms with Crippen molar-refractivity contribution in [1.29, 1.82) is 0 Å². The third-order valence-electron chi connectivity index (χ3n) is 3.89. The summed E-state index contributed by atoms with van der Waals surface area (Å²) in [5, 5.41) is 2.86. The molecule has 1 aromatic carbocycles. The minimum Gasteiger partial charge on any atom is -0.486 e. The maximum absolute atomic E-state index is 12.6. The van der Waals surface area contributed by atoms with E-state index in [1.165, 1.54) is 16.2 Å². The number of benzene rings is 1. The van der Waals surface area contributed by atoms with Crippen LogP contribution in [0.3, 0.4) is 0 Å². The second-order valence-corrected chi connectivity index (χ2v) is 8.57. The van der Waals surface area contributed by atoms with Gasteiger partial charge in [-0.3, -0.25) is 9.59 Å². The molecule has 0 spiro atoms. The lowest BCUT2D eigenvalue weighted by atomic mass is 10.1. The lowest BCUT2D eigenvalue weighted by Gasteiger charge is -2.23. The Bertz CT molecular complexity index is 854. The monoisotopic (exact) mass is 388 g/mol. The quantitative estimate of drug-likeness (QED) is 0.874. The number of hydrogen-bond acceptors (Lipinski definition) is 5. The van der Waals surface area contributed by atoms with Crippen molar-refractivity contribution in [2.24, 2.45) is 0 Å². The zero-order valence-electron chi connectivity index (χ0n) is 16.0. The number of amides is 2. The molecule has 0 aliphatic carbocycles. The number of carbonyl (C=O) groups excluding carboxylic acids is 2. The van der Waals surface area contributed by atoms with Gasteiger partial charge in [0.25, 0.3) is 5.91 Å². The summed E-state index contributed by atoms with van der Waals surface area (Å²) in [5.74, 6) is 1.10. The van der Waals surface area contributed by atoms with Crippen molar-refractivity contribution in [3.05, 3.63) is 35.2 Å². The smallest absolute Gasteiger partial charge is 0.264 e. The third kappa shape index (κ3) is 4.80. The third-order valence-corrected chi connectivity index (χ3v) is 5.01. The Labute approximate surface area is 163 Å². The summed E-state index contributed by atoms with van der Waals surface area (Å²) in [6, 6.07) is 9.46. The van der Waals surface area contributed by atoms with E-state index in [-0.39, 0.29) is 23.9 Å². The van der Waals surface area contributed by atoms with Crippen LogP contribution in [0.15, 0.2) is 30.3 Å². The topological polar surface area (TPSA) is 67.9 Å². The van der Waals surface area contributed by atoms with E-state index in [1.54, 1.807) is 13.1 Å². The zero-order chi connectivity index (χ0) is 19.6. The highest BCUT2D eigenvalue weighted by Gasteiger charge is 2.20. The van der Waals surface area contributed by atoms with Crippen LogP contribution in [0.25, 0.3) is 10.4 Å². The van der Waals surface area contributed by atoms with Crippen LogP contribution in [0, 0.1) is 0 Å². The highest BCUT2D eigenvalue weighted by Crippen LogP contribution is 2.37. The Morgan fingerprint density at radius 1 is 1.11 bits per heavy atom. The molecule has 2 amide bonds. The van der Waals surface area contributed by atoms with Crippen LogP contribution < -0.4 is 14.8 Å². The van der Waals surface area contributed by atoms with Crippen LogP contribution in [0.1, 0.15) is 30.4 Å². The first-order valence-corrected chi connectivity index (χ1v) is 9.61. The molecule has 0 saturated carbocycles. The molecule has 0 fully saturated rings. The van der Waals surface area contributed by atoms with Crippen LogP contribution in [0.2, 0.25) is 0 Å². The molecule has 0 atom stereocenters. The van der Waals surface area contributed by atoms with Crippen LogP contribution in [-0.2, 0) is 4.79 Å². The summed E-state index contributed by atoms with van der Waals surface area (Å²) < 4.78 is 11.2. The number of likely N-dealkylation sites (N-methyl/N-ethyl adjacent to an activating group) is 1. The van der Waals surface area contributed by atoms with Gasteiger partial charge >= 0.3 is 0 Å². The minimum atomic E-state index is -0.324. The molecule has 0 unspecified atom stereocenters. The van der Waals surface area contributed by atoms with Gasteiger partial charge in [-0.1, -0.05) is 0 Å². The van der Waals surface area contributed by atoms with Crippen LogP contribution >= 0.6 is 11.3 Å². The Balaban J connectivity index is 1.69. The highest BCUT2D eigenvalue weighted by atomic mass is 32.1. The average Bonchev–Trinajstić information content (AvgIpc) is 3.09. The number of ether oxygens (including phenoxy) is 2. The molecule has 1 aliphatic rings. The van der Waals surface area contributed by atoms with Gasteiger partial charge in [0.05, 0.1) is 11.4 Å². The van der Waals surface area contributed by atoms with Crippen molar-refractivity contribution in [3.63, 3.8) is 0 Å². The van der Waals surface area contributed by atoms with Gasteiger partial charge < -0.3 is 19.7 Å². The van der Waals surface area contributed by atoms with Gasteiger partial charge in [0.2, 0.25) is 5.91 Å². The number of hydrogen-bond donors (Lipinski definition) is 1. The summed E-state index contributed by atoms with van der Waals surface area (Å²) in [6.07, 6.45) is 0. The molecular formula is C20H24N2O4S. The van der Waals surface area contributed by atoms with Crippen LogP contribution in [0.4, 0.5) is 0 Å². The summed E-state index contributed by atoms with van der Waals surface area (Å²) >= 11 is 1.39. The molecule has 1 N–H and O–H groups in total. The van der Waals surface area contributed by atoms with Gasteiger partial charge in [0, 0.05) is 17.5 Å². The maximum atomic E-state index is 12.6. The number of rotatable bonds is 4. The van der Waals surface area contributed by atoms with Crippen LogP contribution in [0.5, 0.6) is 11.5 Å². The molecule has 0 bridgehead atoms. The van der Waals surface area contributed by atoms with Crippen molar-refractivity contribution in [2.45, 2.75) is 26.3 Å². The Hall–Kier alpha value is -2.54. The van der Waals surface area contributed by atoms with E-state index in [0.717, 1.165) is 21.9 Å². The van der Waals surface area contributed by atoms with Gasteiger partial charge in [-0.05, 0) is 56.7 Å². The highest BCUT2D eigenvalue weighted by molar-refractivity contribution is 7.17. The first kappa shape index (κ1) is 19.2. The van der Waals surface area contributed by atoms with Crippen molar-refractivity contribution >= 4 is 23.2 Å². The number of nitrogens with zero attached hydrogens (tertiary/aromatic N) is 1. The van der Waals surface area contributed by atoms with E-state index in [0.29, 0.717) is 18.1 Å². The fourth-order valence-electron chi connectivity index (χ4n) is 2.74. The van der Waals surface area contributed by atoms with E-state index in [2.05, 4.69) is 5.32 Å². The molecule has 0 saturated heterocycles. The summed E-state index contributed by atoms with van der Waals surface area (Å²) in [4.78, 5) is 27.7. The molecule has 7 heteroatoms. The average molecular weight is 388 g/mol. The molecule has 1 aliphatic heterocycles. The standard InChI is InChI=1S/C20H24N2O4S/c1-20(2,3)21-18(23)12-22(4)19(24)17-8-7-16(27-17)13-5-6-14-15(11-13)26-10-9-25-14/h5-8,11H,9-10,12H2,1-4H3,(H,21,23). The first-order chi connectivity index (χ1) is 12.7. The molecule has 6 nitrogen and oxygen atoms in total. The van der Waals surface area contributed by atoms with Gasteiger partial charge in [-0.25, -0.2) is 0 Å². The molecule has 2 heterocycles. The molecule has 3 rings (SSSR count). The second-order valence-electron chi connectivity index (χ2n) is 7.48. The number of thiophene rings is 1. The van der Waals surface area contributed by atoms with Gasteiger partial charge in [-0.15, -0.1) is 11.3 Å². The Morgan fingerprint density at radius 3 is 2.52 bits per heavy atom. The van der Waals surface area contributed by atoms with Crippen molar-refractivity contribution in [3.8, 4) is 21.9 Å². The van der Waals surface area contributed by atoms with E-state index in [1.807, 2.05) is 45.0 Å². The molecule has 27 heavy (non-hydrogen) atoms. The second kappa shape index (κ2) is 7.60. The lowest BCUT2D eigenvalue weighted by Crippen LogP contribution is -2.46. The van der Waals surface area contributed by atoms with E-state index >= 15 is 0 Å². The zero-order valence-corrected chi connectivity index (χ0v) is 16.8. The van der Waals surface area contributed by atoms with Crippen LogP contribution in [-0.4, -0.2) is 49.1 Å². The number of fused-ring (bicyclic) bond motifs is 1. The van der Waals surface area contributed by atoms with Crippen molar-refractivity contribution in [1.82, 2.24) is 10.2 Å². The maximum Gasteiger partial charge on any atom is 0.264 e. The van der Waals surface area contributed by atoms with E-state index in [4.69, 9.17) is 9.47 Å². The van der Waals surface area contributed by atoms with Crippen molar-refractivity contribution < 1.29 is 19.1 Å². The first-order valence-electron chi connectivity index (χ1n) is 8.79. The Morgan fingerprint density at radius 2 is 1.81 bits per heavy atom. The molecule has 0 radical (unpaired) electrons. The normalized spacial score (nSPS) is 13.2. The molecule has 144 valence electrons. The fraction of sp³-hybridized carbons (Fsp3) is 0.400. The predicted molar refractivity (Wildman–Crippen MR) is 106 cm³/mol. The van der Waals surface area contributed by atoms with Crippen molar-refractivity contribution in [2.75, 3.05) is 26.8 Å². The predicted octanol–water partition coefficient (Wildman–Crippen LogP) is 3.17. The largest absolute Gasteiger partial charge is 0.486 e. The number of nitrogens with one attached hydrogen (secondary N) is 1. The minimum absolute atomic E-state index is 0.0212. The number of carbonyl (C=O) groups is 2. The lowest BCUT2D eigenvalue weighted by molar-refractivity contribution is -0.122. The summed E-state index contributed by atoms with van der Waals surface area (Å²) in [6.45, 7) is 6.83. The summed E-state index contributed by atoms with van der Waals surface area (Å²) in [7, 11) is 1.63. The molecule has 2 aromatic rings. The summed E-state index contributed by atoms with van der Waals surface area (Å²) in [5.41, 5.74) is 0.645. The fourth-order valence-corrected chi connectivity index (χ4v) is 3.73. The van der Waals surface area contributed by atoms with Gasteiger partial charge in [-0.2, -0.15) is 0 Å². The van der Waals surface area contributed by atoms with E-state index < -0.39 is 0 Å². The van der Waals surface area contributed by atoms with Gasteiger partial charge in [0.1, 0.15) is 13.2 Å². The molecular weight excluding hydrogens is 364 g/mol. The molecule has 1 aromatic heterocycles. The van der Waals surface area contributed by atoms with Gasteiger partial charge in [0.15, 0.2) is 11.5 Å². The SMILES string of the molecule is CN(CC(=O)NC(C)(C)C)C(=O)c1ccc(-c2ccc3c(c2)OCCO3)s1. The van der Waals surface area contributed by atoms with E-state index in [9.17, 15) is 9.59 Å². The Kier molecular flexibility index (Phi) is 5.41.